The Kier molecular flexibility index (Phi) is 8.25. The largest absolute Gasteiger partial charge is 0.493 e. The molecule has 0 aromatic heterocycles. The van der Waals surface area contributed by atoms with Gasteiger partial charge in [-0.15, -0.1) is 0 Å². The number of ether oxygens (including phenoxy) is 1. The van der Waals surface area contributed by atoms with E-state index in [0.717, 1.165) is 29.4 Å². The van der Waals surface area contributed by atoms with E-state index in [-0.39, 0.29) is 0 Å². The second-order valence-corrected chi connectivity index (χ2v) is 5.33. The van der Waals surface area contributed by atoms with Crippen LogP contribution in [0, 0.1) is 6.92 Å². The second kappa shape index (κ2) is 10.0. The van der Waals surface area contributed by atoms with Crippen LogP contribution in [0.1, 0.15) is 56.6 Å². The minimum absolute atomic E-state index is 0.684. The number of unbranched alkanes of at least 4 members (excludes halogenated alkanes) is 5. The fourth-order valence-corrected chi connectivity index (χ4v) is 2.16. The highest BCUT2D eigenvalue weighted by Crippen LogP contribution is 2.22. The lowest BCUT2D eigenvalue weighted by atomic mass is 10.1. The Hall–Kier alpha value is -1.77. The zero-order chi connectivity index (χ0) is 15.5. The molecule has 1 N–H and O–H groups in total. The molecule has 3 nitrogen and oxygen atoms in total. The minimum atomic E-state index is -0.946. The SMILES string of the molecule is CCCCCCCCOc1ccc(C)cc1C=CC(=O)O. The molecule has 0 amide bonds. The van der Waals surface area contributed by atoms with Crippen molar-refractivity contribution >= 4 is 12.0 Å². The predicted molar refractivity (Wildman–Crippen MR) is 86.7 cm³/mol. The number of benzene rings is 1. The van der Waals surface area contributed by atoms with Crippen LogP contribution in [0.3, 0.4) is 0 Å². The number of carboxylic acids is 1. The smallest absolute Gasteiger partial charge is 0.328 e. The summed E-state index contributed by atoms with van der Waals surface area (Å²) in [5.74, 6) is -0.190. The molecule has 3 heteroatoms. The number of aryl methyl sites for hydroxylation is 1. The summed E-state index contributed by atoms with van der Waals surface area (Å²) in [4.78, 5) is 10.6. The van der Waals surface area contributed by atoms with Gasteiger partial charge in [0.05, 0.1) is 6.61 Å². The summed E-state index contributed by atoms with van der Waals surface area (Å²) in [6, 6.07) is 5.83. The molecule has 0 saturated carbocycles. The van der Waals surface area contributed by atoms with Gasteiger partial charge in [-0.25, -0.2) is 4.79 Å². The van der Waals surface area contributed by atoms with E-state index in [1.807, 2.05) is 25.1 Å². The molecular weight excluding hydrogens is 264 g/mol. The predicted octanol–water partition coefficient (Wildman–Crippen LogP) is 4.83. The lowest BCUT2D eigenvalue weighted by Crippen LogP contribution is -1.99. The molecule has 0 bridgehead atoms. The number of rotatable bonds is 10. The number of carbonyl (C=O) groups is 1. The van der Waals surface area contributed by atoms with Gasteiger partial charge in [-0.3, -0.25) is 0 Å². The molecular formula is C18H26O3. The van der Waals surface area contributed by atoms with E-state index in [2.05, 4.69) is 6.92 Å². The van der Waals surface area contributed by atoms with E-state index >= 15 is 0 Å². The summed E-state index contributed by atoms with van der Waals surface area (Å²) >= 11 is 0. The van der Waals surface area contributed by atoms with Crippen LogP contribution in [0.25, 0.3) is 6.08 Å². The normalized spacial score (nSPS) is 11.0. The fourth-order valence-electron chi connectivity index (χ4n) is 2.16. The molecule has 1 aromatic carbocycles. The Morgan fingerprint density at radius 3 is 2.62 bits per heavy atom. The highest BCUT2D eigenvalue weighted by molar-refractivity contribution is 5.85. The van der Waals surface area contributed by atoms with Crippen LogP contribution in [0.5, 0.6) is 5.75 Å². The Morgan fingerprint density at radius 2 is 1.90 bits per heavy atom. The van der Waals surface area contributed by atoms with Crippen molar-refractivity contribution < 1.29 is 14.6 Å². The van der Waals surface area contributed by atoms with Crippen molar-refractivity contribution in [1.82, 2.24) is 0 Å². The molecule has 1 aromatic rings. The monoisotopic (exact) mass is 290 g/mol. The van der Waals surface area contributed by atoms with Crippen molar-refractivity contribution in [2.24, 2.45) is 0 Å². The van der Waals surface area contributed by atoms with E-state index in [9.17, 15) is 4.79 Å². The van der Waals surface area contributed by atoms with E-state index < -0.39 is 5.97 Å². The first-order chi connectivity index (χ1) is 10.1. The van der Waals surface area contributed by atoms with Crippen LogP contribution in [0.15, 0.2) is 24.3 Å². The standard InChI is InChI=1S/C18H26O3/c1-3-4-5-6-7-8-13-21-17-11-9-15(2)14-16(17)10-12-18(19)20/h9-12,14H,3-8,13H2,1-2H3,(H,19,20). The third-order valence-corrected chi connectivity index (χ3v) is 3.33. The third-order valence-electron chi connectivity index (χ3n) is 3.33. The minimum Gasteiger partial charge on any atom is -0.493 e. The summed E-state index contributed by atoms with van der Waals surface area (Å²) < 4.78 is 5.79. The number of carboxylic acid groups (broad SMARTS) is 1. The van der Waals surface area contributed by atoms with Gasteiger partial charge < -0.3 is 9.84 Å². The molecule has 0 radical (unpaired) electrons. The van der Waals surface area contributed by atoms with Crippen molar-refractivity contribution in [2.45, 2.75) is 52.4 Å². The van der Waals surface area contributed by atoms with Gasteiger partial charge >= 0.3 is 5.97 Å². The van der Waals surface area contributed by atoms with Gasteiger partial charge in [-0.1, -0.05) is 50.7 Å². The molecule has 1 rings (SSSR count). The Balaban J connectivity index is 2.45. The van der Waals surface area contributed by atoms with Crippen molar-refractivity contribution in [3.05, 3.63) is 35.4 Å². The number of aliphatic carboxylic acids is 1. The van der Waals surface area contributed by atoms with E-state index in [1.165, 1.54) is 32.1 Å². The fraction of sp³-hybridized carbons (Fsp3) is 0.500. The highest BCUT2D eigenvalue weighted by atomic mass is 16.5. The van der Waals surface area contributed by atoms with E-state index in [4.69, 9.17) is 9.84 Å². The van der Waals surface area contributed by atoms with Gasteiger partial charge in [0.2, 0.25) is 0 Å². The maximum absolute atomic E-state index is 10.6. The molecule has 0 saturated heterocycles. The molecule has 21 heavy (non-hydrogen) atoms. The van der Waals surface area contributed by atoms with Crippen LogP contribution in [0.2, 0.25) is 0 Å². The number of hydrogen-bond acceptors (Lipinski definition) is 2. The van der Waals surface area contributed by atoms with Crippen molar-refractivity contribution in [1.29, 1.82) is 0 Å². The Morgan fingerprint density at radius 1 is 1.19 bits per heavy atom. The van der Waals surface area contributed by atoms with Gasteiger partial charge in [0.15, 0.2) is 0 Å². The van der Waals surface area contributed by atoms with Crippen molar-refractivity contribution in [3.63, 3.8) is 0 Å². The summed E-state index contributed by atoms with van der Waals surface area (Å²) in [5.41, 5.74) is 1.91. The average molecular weight is 290 g/mol. The molecule has 0 atom stereocenters. The molecule has 0 aliphatic carbocycles. The summed E-state index contributed by atoms with van der Waals surface area (Å²) in [5, 5.41) is 8.72. The van der Waals surface area contributed by atoms with Crippen LogP contribution >= 0.6 is 0 Å². The first kappa shape index (κ1) is 17.3. The lowest BCUT2D eigenvalue weighted by molar-refractivity contribution is -0.131. The molecule has 0 aliphatic heterocycles. The summed E-state index contributed by atoms with van der Waals surface area (Å²) in [7, 11) is 0. The molecule has 116 valence electrons. The van der Waals surface area contributed by atoms with Gasteiger partial charge in [0.1, 0.15) is 5.75 Å². The van der Waals surface area contributed by atoms with Crippen LogP contribution in [-0.4, -0.2) is 17.7 Å². The summed E-state index contributed by atoms with van der Waals surface area (Å²) in [6.07, 6.45) is 10.1. The Bertz CT molecular complexity index is 464. The van der Waals surface area contributed by atoms with E-state index in [1.54, 1.807) is 6.08 Å². The summed E-state index contributed by atoms with van der Waals surface area (Å²) in [6.45, 7) is 4.88. The first-order valence-electron chi connectivity index (χ1n) is 7.78. The average Bonchev–Trinajstić information content (AvgIpc) is 2.45. The van der Waals surface area contributed by atoms with Gasteiger partial charge in [0, 0.05) is 11.6 Å². The number of hydrogen-bond donors (Lipinski definition) is 1. The van der Waals surface area contributed by atoms with Crippen molar-refractivity contribution in [3.8, 4) is 5.75 Å². The zero-order valence-electron chi connectivity index (χ0n) is 13.1. The van der Waals surface area contributed by atoms with Crippen molar-refractivity contribution in [2.75, 3.05) is 6.61 Å². The zero-order valence-corrected chi connectivity index (χ0v) is 13.1. The topological polar surface area (TPSA) is 46.5 Å². The second-order valence-electron chi connectivity index (χ2n) is 5.33. The van der Waals surface area contributed by atoms with E-state index in [0.29, 0.717) is 6.61 Å². The molecule has 0 heterocycles. The Labute approximate surface area is 127 Å². The first-order valence-corrected chi connectivity index (χ1v) is 7.78. The van der Waals surface area contributed by atoms with Gasteiger partial charge in [0.25, 0.3) is 0 Å². The molecule has 0 spiro atoms. The lowest BCUT2D eigenvalue weighted by Gasteiger charge is -2.10. The van der Waals surface area contributed by atoms with Crippen LogP contribution < -0.4 is 4.74 Å². The van der Waals surface area contributed by atoms with Crippen LogP contribution in [0.4, 0.5) is 0 Å². The highest BCUT2D eigenvalue weighted by Gasteiger charge is 2.02. The molecule has 0 aliphatic rings. The van der Waals surface area contributed by atoms with Gasteiger partial charge in [-0.2, -0.15) is 0 Å². The maximum Gasteiger partial charge on any atom is 0.328 e. The molecule has 0 fully saturated rings. The molecule has 0 unspecified atom stereocenters. The third kappa shape index (κ3) is 7.54. The maximum atomic E-state index is 10.6. The van der Waals surface area contributed by atoms with Crippen LogP contribution in [-0.2, 0) is 4.79 Å². The quantitative estimate of drug-likeness (QED) is 0.496. The van der Waals surface area contributed by atoms with Gasteiger partial charge in [-0.05, 0) is 31.6 Å².